The number of ether oxygens (including phenoxy) is 1. The lowest BCUT2D eigenvalue weighted by Crippen LogP contribution is -2.37. The van der Waals surface area contributed by atoms with Crippen LogP contribution in [0.5, 0.6) is 0 Å². The number of carbonyl (C=O) groups is 3. The van der Waals surface area contributed by atoms with E-state index in [-0.39, 0.29) is 5.91 Å². The molecule has 1 atom stereocenters. The zero-order valence-electron chi connectivity index (χ0n) is 18.0. The lowest BCUT2D eigenvalue weighted by molar-refractivity contribution is -0.125. The molecule has 0 radical (unpaired) electrons. The summed E-state index contributed by atoms with van der Waals surface area (Å²) in [6.45, 7) is 5.57. The van der Waals surface area contributed by atoms with Crippen molar-refractivity contribution >= 4 is 39.9 Å². The van der Waals surface area contributed by atoms with Crippen molar-refractivity contribution in [2.75, 3.05) is 10.6 Å². The molecular weight excluding hydrogens is 426 g/mol. The number of nitrogens with zero attached hydrogens (tertiary/aromatic N) is 1. The van der Waals surface area contributed by atoms with E-state index in [0.717, 1.165) is 11.1 Å². The summed E-state index contributed by atoms with van der Waals surface area (Å²) in [7, 11) is 0. The summed E-state index contributed by atoms with van der Waals surface area (Å²) < 4.78 is 5.30. The summed E-state index contributed by atoms with van der Waals surface area (Å²) in [5.41, 5.74) is 3.07. The second-order valence-electron chi connectivity index (χ2n) is 8.56. The number of rotatable bonds is 4. The molecular formula is C24H23N3O4S. The minimum atomic E-state index is -0.893. The molecule has 2 amide bonds. The molecule has 7 nitrogen and oxygen atoms in total. The first kappa shape index (κ1) is 21.7. The molecule has 1 aliphatic rings. The minimum Gasteiger partial charge on any atom is -0.448 e. The number of hydrogen-bond acceptors (Lipinski definition) is 6. The van der Waals surface area contributed by atoms with Crippen LogP contribution in [0.15, 0.2) is 53.9 Å². The highest BCUT2D eigenvalue weighted by Gasteiger charge is 2.31. The number of benzene rings is 2. The van der Waals surface area contributed by atoms with Crippen LogP contribution < -0.4 is 10.6 Å². The Morgan fingerprint density at radius 3 is 2.50 bits per heavy atom. The van der Waals surface area contributed by atoms with Crippen LogP contribution >= 0.6 is 11.3 Å². The topological polar surface area (TPSA) is 97.4 Å². The van der Waals surface area contributed by atoms with Gasteiger partial charge in [0.2, 0.25) is 5.91 Å². The van der Waals surface area contributed by atoms with Crippen molar-refractivity contribution in [3.05, 3.63) is 65.0 Å². The van der Waals surface area contributed by atoms with Crippen LogP contribution in [0.25, 0.3) is 11.3 Å². The van der Waals surface area contributed by atoms with Crippen LogP contribution in [0.2, 0.25) is 0 Å². The zero-order chi connectivity index (χ0) is 22.9. The van der Waals surface area contributed by atoms with Crippen LogP contribution in [0.3, 0.4) is 0 Å². The Kier molecular flexibility index (Phi) is 5.80. The molecule has 0 aliphatic carbocycles. The molecule has 0 saturated heterocycles. The first-order chi connectivity index (χ1) is 15.2. The molecule has 1 aromatic heterocycles. The highest BCUT2D eigenvalue weighted by molar-refractivity contribution is 7.14. The molecule has 3 aromatic rings. The number of hydrogen-bond donors (Lipinski definition) is 2. The van der Waals surface area contributed by atoms with E-state index < -0.39 is 23.4 Å². The Labute approximate surface area is 189 Å². The summed E-state index contributed by atoms with van der Waals surface area (Å²) in [5.74, 6) is -0.964. The number of amides is 2. The van der Waals surface area contributed by atoms with Gasteiger partial charge in [-0.2, -0.15) is 0 Å². The van der Waals surface area contributed by atoms with Gasteiger partial charge in [0.05, 0.1) is 11.3 Å². The van der Waals surface area contributed by atoms with Crippen molar-refractivity contribution in [3.63, 3.8) is 0 Å². The number of esters is 1. The van der Waals surface area contributed by atoms with E-state index >= 15 is 0 Å². The monoisotopic (exact) mass is 449 g/mol. The van der Waals surface area contributed by atoms with Crippen molar-refractivity contribution in [1.29, 1.82) is 0 Å². The summed E-state index contributed by atoms with van der Waals surface area (Å²) >= 11 is 1.29. The molecule has 2 aromatic carbocycles. The SMILES string of the molecule is CC(C)(C)C(=O)Nc1ccc(-c2csc(NC(=O)[C@H]3Cc4ccccc4C(=O)O3)n2)cc1. The number of aromatic nitrogens is 1. The highest BCUT2D eigenvalue weighted by Crippen LogP contribution is 2.28. The Balaban J connectivity index is 1.40. The molecule has 2 heterocycles. The fraction of sp³-hybridized carbons (Fsp3) is 0.250. The molecule has 8 heteroatoms. The third-order valence-electron chi connectivity index (χ3n) is 5.04. The zero-order valence-corrected chi connectivity index (χ0v) is 18.8. The summed E-state index contributed by atoms with van der Waals surface area (Å²) in [4.78, 5) is 41.4. The molecule has 0 unspecified atom stereocenters. The number of cyclic esters (lactones) is 1. The molecule has 0 saturated carbocycles. The first-order valence-corrected chi connectivity index (χ1v) is 11.1. The van der Waals surface area contributed by atoms with Gasteiger partial charge in [-0.15, -0.1) is 11.3 Å². The quantitative estimate of drug-likeness (QED) is 0.571. The Hall–Kier alpha value is -3.52. The van der Waals surface area contributed by atoms with E-state index in [1.54, 1.807) is 12.1 Å². The predicted molar refractivity (Wildman–Crippen MR) is 124 cm³/mol. The molecule has 2 N–H and O–H groups in total. The Morgan fingerprint density at radius 2 is 1.78 bits per heavy atom. The number of fused-ring (bicyclic) bond motifs is 1. The van der Waals surface area contributed by atoms with Gasteiger partial charge in [-0.1, -0.05) is 51.1 Å². The number of nitrogens with one attached hydrogen (secondary N) is 2. The smallest absolute Gasteiger partial charge is 0.339 e. The summed E-state index contributed by atoms with van der Waals surface area (Å²) in [6.07, 6.45) is -0.566. The fourth-order valence-electron chi connectivity index (χ4n) is 3.17. The van der Waals surface area contributed by atoms with Crippen molar-refractivity contribution < 1.29 is 19.1 Å². The van der Waals surface area contributed by atoms with E-state index in [1.165, 1.54) is 11.3 Å². The lowest BCUT2D eigenvalue weighted by Gasteiger charge is -2.23. The molecule has 0 spiro atoms. The van der Waals surface area contributed by atoms with Gasteiger partial charge in [-0.25, -0.2) is 9.78 Å². The second kappa shape index (κ2) is 8.55. The van der Waals surface area contributed by atoms with Crippen molar-refractivity contribution in [2.24, 2.45) is 5.41 Å². The van der Waals surface area contributed by atoms with E-state index in [9.17, 15) is 14.4 Å². The largest absolute Gasteiger partial charge is 0.448 e. The number of thiazole rings is 1. The molecule has 4 rings (SSSR count). The first-order valence-electron chi connectivity index (χ1n) is 10.2. The fourth-order valence-corrected chi connectivity index (χ4v) is 3.89. The van der Waals surface area contributed by atoms with Crippen LogP contribution in [0.4, 0.5) is 10.8 Å². The van der Waals surface area contributed by atoms with E-state index in [4.69, 9.17) is 4.74 Å². The van der Waals surface area contributed by atoms with Gasteiger partial charge in [0.1, 0.15) is 0 Å². The average Bonchev–Trinajstić information content (AvgIpc) is 3.22. The van der Waals surface area contributed by atoms with Gasteiger partial charge in [-0.3, -0.25) is 14.9 Å². The van der Waals surface area contributed by atoms with Gasteiger partial charge < -0.3 is 10.1 Å². The van der Waals surface area contributed by atoms with Crippen molar-refractivity contribution in [2.45, 2.75) is 33.3 Å². The van der Waals surface area contributed by atoms with Crippen molar-refractivity contribution in [1.82, 2.24) is 4.98 Å². The number of carbonyl (C=O) groups excluding carboxylic acids is 3. The number of anilines is 2. The van der Waals surface area contributed by atoms with Crippen LogP contribution in [-0.2, 0) is 20.7 Å². The minimum absolute atomic E-state index is 0.0602. The van der Waals surface area contributed by atoms with Gasteiger partial charge in [0, 0.05) is 28.5 Å². The molecule has 32 heavy (non-hydrogen) atoms. The standard InChI is InChI=1S/C24H23N3O4S/c1-24(2,3)22(30)25-16-10-8-14(9-11-16)18-13-32-23(26-18)27-20(28)19-12-15-6-4-5-7-17(15)21(29)31-19/h4-11,13,19H,12H2,1-3H3,(H,25,30)(H,26,27,28)/t19-/m1/s1. The van der Waals surface area contributed by atoms with E-state index in [0.29, 0.717) is 28.5 Å². The van der Waals surface area contributed by atoms with Crippen LogP contribution in [0.1, 0.15) is 36.7 Å². The highest BCUT2D eigenvalue weighted by atomic mass is 32.1. The van der Waals surface area contributed by atoms with Crippen molar-refractivity contribution in [3.8, 4) is 11.3 Å². The lowest BCUT2D eigenvalue weighted by atomic mass is 9.95. The third kappa shape index (κ3) is 4.70. The summed E-state index contributed by atoms with van der Waals surface area (Å²) in [5, 5.41) is 7.88. The predicted octanol–water partition coefficient (Wildman–Crippen LogP) is 4.51. The van der Waals surface area contributed by atoms with E-state index in [1.807, 2.05) is 62.5 Å². The molecule has 164 valence electrons. The maximum absolute atomic E-state index is 12.6. The second-order valence-corrected chi connectivity index (χ2v) is 9.42. The molecule has 0 bridgehead atoms. The average molecular weight is 450 g/mol. The third-order valence-corrected chi connectivity index (χ3v) is 5.80. The van der Waals surface area contributed by atoms with Gasteiger partial charge in [0.15, 0.2) is 11.2 Å². The normalized spacial score (nSPS) is 15.5. The maximum atomic E-state index is 12.6. The van der Waals surface area contributed by atoms with E-state index in [2.05, 4.69) is 15.6 Å². The maximum Gasteiger partial charge on any atom is 0.339 e. The summed E-state index contributed by atoms with van der Waals surface area (Å²) in [6, 6.07) is 14.5. The van der Waals surface area contributed by atoms with Gasteiger partial charge in [0.25, 0.3) is 5.91 Å². The van der Waals surface area contributed by atoms with Gasteiger partial charge >= 0.3 is 5.97 Å². The molecule has 1 aliphatic heterocycles. The van der Waals surface area contributed by atoms with Crippen LogP contribution in [0, 0.1) is 5.41 Å². The Bertz CT molecular complexity index is 1180. The molecule has 0 fully saturated rings. The Morgan fingerprint density at radius 1 is 1.06 bits per heavy atom. The van der Waals surface area contributed by atoms with Gasteiger partial charge in [-0.05, 0) is 23.8 Å². The van der Waals surface area contributed by atoms with Crippen LogP contribution in [-0.4, -0.2) is 28.9 Å².